The molecule has 0 bridgehead atoms. The Hall–Kier alpha value is -2.17. The minimum atomic E-state index is 0.444. The minimum Gasteiger partial charge on any atom is -0.490 e. The van der Waals surface area contributed by atoms with Crippen LogP contribution in [0.5, 0.6) is 11.5 Å². The molecule has 1 aromatic heterocycles. The lowest BCUT2D eigenvalue weighted by Gasteiger charge is -2.08. The van der Waals surface area contributed by atoms with Gasteiger partial charge in [0.25, 0.3) is 0 Å². The van der Waals surface area contributed by atoms with Gasteiger partial charge in [0.05, 0.1) is 19.4 Å². The van der Waals surface area contributed by atoms with Gasteiger partial charge in [0.1, 0.15) is 0 Å². The van der Waals surface area contributed by atoms with E-state index in [1.54, 1.807) is 6.20 Å². The summed E-state index contributed by atoms with van der Waals surface area (Å²) < 4.78 is 11.2. The lowest BCUT2D eigenvalue weighted by molar-refractivity contribution is 0.297. The maximum Gasteiger partial charge on any atom is 0.197 e. The smallest absolute Gasteiger partial charge is 0.197 e. The van der Waals surface area contributed by atoms with Crippen molar-refractivity contribution in [2.75, 3.05) is 18.9 Å². The minimum absolute atomic E-state index is 0.444. The Labute approximate surface area is 105 Å². The first kappa shape index (κ1) is 11.0. The highest BCUT2D eigenvalue weighted by Crippen LogP contribution is 2.30. The second-order valence-electron chi connectivity index (χ2n) is 4.30. The Morgan fingerprint density at radius 2 is 2.06 bits per heavy atom. The van der Waals surface area contributed by atoms with Gasteiger partial charge in [-0.1, -0.05) is 6.07 Å². The third kappa shape index (κ3) is 2.25. The summed E-state index contributed by atoms with van der Waals surface area (Å²) >= 11 is 0. The molecular weight excluding hydrogens is 230 g/mol. The fourth-order valence-electron chi connectivity index (χ4n) is 2.00. The van der Waals surface area contributed by atoms with Gasteiger partial charge in [0.2, 0.25) is 0 Å². The zero-order valence-electron chi connectivity index (χ0n) is 9.98. The molecule has 94 valence electrons. The third-order valence-electron chi connectivity index (χ3n) is 2.85. The largest absolute Gasteiger partial charge is 0.490 e. The van der Waals surface area contributed by atoms with Crippen LogP contribution in [0, 0.1) is 0 Å². The quantitative estimate of drug-likeness (QED) is 0.845. The summed E-state index contributed by atoms with van der Waals surface area (Å²) in [4.78, 5) is 6.99. The summed E-state index contributed by atoms with van der Waals surface area (Å²) in [6.07, 6.45) is 3.42. The van der Waals surface area contributed by atoms with Gasteiger partial charge < -0.3 is 20.2 Å². The van der Waals surface area contributed by atoms with Crippen molar-refractivity contribution in [1.82, 2.24) is 9.97 Å². The highest BCUT2D eigenvalue weighted by molar-refractivity contribution is 5.44. The van der Waals surface area contributed by atoms with Crippen molar-refractivity contribution in [2.45, 2.75) is 12.8 Å². The molecule has 5 heteroatoms. The van der Waals surface area contributed by atoms with Crippen LogP contribution in [-0.4, -0.2) is 23.2 Å². The van der Waals surface area contributed by atoms with Gasteiger partial charge >= 0.3 is 0 Å². The molecule has 0 saturated heterocycles. The van der Waals surface area contributed by atoms with Gasteiger partial charge in [0, 0.05) is 18.5 Å². The Morgan fingerprint density at radius 1 is 1.22 bits per heavy atom. The van der Waals surface area contributed by atoms with E-state index in [-0.39, 0.29) is 0 Å². The van der Waals surface area contributed by atoms with Gasteiger partial charge in [-0.2, -0.15) is 0 Å². The SMILES string of the molecule is Nc1ncc(Cc2ccc3c(c2)OCCCO3)[nH]1. The number of fused-ring (bicyclic) bond motifs is 1. The molecule has 1 aliphatic heterocycles. The zero-order valence-corrected chi connectivity index (χ0v) is 9.98. The monoisotopic (exact) mass is 245 g/mol. The van der Waals surface area contributed by atoms with Gasteiger partial charge in [-0.3, -0.25) is 0 Å². The Bertz CT molecular complexity index is 551. The summed E-state index contributed by atoms with van der Waals surface area (Å²) in [5.41, 5.74) is 7.68. The van der Waals surface area contributed by atoms with E-state index in [4.69, 9.17) is 15.2 Å². The van der Waals surface area contributed by atoms with E-state index < -0.39 is 0 Å². The highest BCUT2D eigenvalue weighted by atomic mass is 16.5. The number of hydrogen-bond donors (Lipinski definition) is 2. The van der Waals surface area contributed by atoms with Crippen LogP contribution in [-0.2, 0) is 6.42 Å². The summed E-state index contributed by atoms with van der Waals surface area (Å²) in [5.74, 6) is 2.08. The van der Waals surface area contributed by atoms with Crippen LogP contribution in [0.15, 0.2) is 24.4 Å². The molecule has 0 spiro atoms. The molecular formula is C13H15N3O2. The first-order chi connectivity index (χ1) is 8.81. The van der Waals surface area contributed by atoms with Crippen LogP contribution in [0.1, 0.15) is 17.7 Å². The van der Waals surface area contributed by atoms with Crippen molar-refractivity contribution >= 4 is 5.95 Å². The molecule has 0 unspecified atom stereocenters. The number of nitrogen functional groups attached to an aromatic ring is 1. The van der Waals surface area contributed by atoms with Crippen LogP contribution in [0.2, 0.25) is 0 Å². The van der Waals surface area contributed by atoms with Crippen LogP contribution in [0.25, 0.3) is 0 Å². The summed E-state index contributed by atoms with van der Waals surface area (Å²) in [6, 6.07) is 6.00. The van der Waals surface area contributed by atoms with Crippen LogP contribution in [0.4, 0.5) is 5.95 Å². The van der Waals surface area contributed by atoms with E-state index in [0.29, 0.717) is 19.2 Å². The maximum absolute atomic E-state index is 5.66. The fourth-order valence-corrected chi connectivity index (χ4v) is 2.00. The first-order valence-corrected chi connectivity index (χ1v) is 5.99. The van der Waals surface area contributed by atoms with Gasteiger partial charge in [-0.15, -0.1) is 0 Å². The average Bonchev–Trinajstić information content (AvgIpc) is 2.64. The first-order valence-electron chi connectivity index (χ1n) is 5.99. The normalized spacial score (nSPS) is 14.2. The highest BCUT2D eigenvalue weighted by Gasteiger charge is 2.11. The number of rotatable bonds is 2. The molecule has 3 N–H and O–H groups in total. The molecule has 3 rings (SSSR count). The topological polar surface area (TPSA) is 73.2 Å². The number of nitrogens with zero attached hydrogens (tertiary/aromatic N) is 1. The van der Waals surface area contributed by atoms with Crippen molar-refractivity contribution < 1.29 is 9.47 Å². The van der Waals surface area contributed by atoms with Crippen molar-refractivity contribution in [3.05, 3.63) is 35.7 Å². The molecule has 0 saturated carbocycles. The lowest BCUT2D eigenvalue weighted by atomic mass is 10.1. The second kappa shape index (κ2) is 4.60. The number of aromatic amines is 1. The second-order valence-corrected chi connectivity index (χ2v) is 4.30. The van der Waals surface area contributed by atoms with Gasteiger partial charge in [-0.25, -0.2) is 4.98 Å². The fraction of sp³-hybridized carbons (Fsp3) is 0.308. The number of benzene rings is 1. The van der Waals surface area contributed by atoms with E-state index in [9.17, 15) is 0 Å². The molecule has 0 amide bonds. The van der Waals surface area contributed by atoms with Crippen LogP contribution >= 0.6 is 0 Å². The zero-order chi connectivity index (χ0) is 12.4. The number of hydrogen-bond acceptors (Lipinski definition) is 4. The third-order valence-corrected chi connectivity index (χ3v) is 2.85. The van der Waals surface area contributed by atoms with E-state index >= 15 is 0 Å². The van der Waals surface area contributed by atoms with E-state index in [0.717, 1.165) is 35.6 Å². The number of H-pyrrole nitrogens is 1. The van der Waals surface area contributed by atoms with Crippen molar-refractivity contribution in [3.8, 4) is 11.5 Å². The predicted octanol–water partition coefficient (Wildman–Crippen LogP) is 1.74. The van der Waals surface area contributed by atoms with Crippen molar-refractivity contribution in [1.29, 1.82) is 0 Å². The number of ether oxygens (including phenoxy) is 2. The molecule has 0 aliphatic carbocycles. The molecule has 0 fully saturated rings. The van der Waals surface area contributed by atoms with E-state index in [2.05, 4.69) is 9.97 Å². The van der Waals surface area contributed by atoms with Crippen molar-refractivity contribution in [3.63, 3.8) is 0 Å². The number of imidazole rings is 1. The Kier molecular flexibility index (Phi) is 2.80. The summed E-state index contributed by atoms with van der Waals surface area (Å²) in [6.45, 7) is 1.41. The van der Waals surface area contributed by atoms with Gasteiger partial charge in [-0.05, 0) is 17.7 Å². The number of nitrogens with one attached hydrogen (secondary N) is 1. The standard InChI is InChI=1S/C13H15N3O2/c14-13-15-8-10(16-13)6-9-2-3-11-12(7-9)18-5-1-4-17-11/h2-3,7-8H,1,4-6H2,(H3,14,15,16). The van der Waals surface area contributed by atoms with Crippen LogP contribution in [0.3, 0.4) is 0 Å². The average molecular weight is 245 g/mol. The molecule has 2 heterocycles. The number of aromatic nitrogens is 2. The van der Waals surface area contributed by atoms with E-state index in [1.165, 1.54) is 0 Å². The molecule has 0 radical (unpaired) electrons. The lowest BCUT2D eigenvalue weighted by Crippen LogP contribution is -1.97. The Morgan fingerprint density at radius 3 is 2.83 bits per heavy atom. The maximum atomic E-state index is 5.66. The number of anilines is 1. The summed E-state index contributed by atoms with van der Waals surface area (Å²) in [7, 11) is 0. The molecule has 1 aromatic carbocycles. The van der Waals surface area contributed by atoms with E-state index in [1.807, 2.05) is 18.2 Å². The Balaban J connectivity index is 1.83. The van der Waals surface area contributed by atoms with Crippen LogP contribution < -0.4 is 15.2 Å². The molecule has 5 nitrogen and oxygen atoms in total. The predicted molar refractivity (Wildman–Crippen MR) is 67.9 cm³/mol. The number of nitrogens with two attached hydrogens (primary N) is 1. The van der Waals surface area contributed by atoms with Crippen molar-refractivity contribution in [2.24, 2.45) is 0 Å². The molecule has 18 heavy (non-hydrogen) atoms. The summed E-state index contributed by atoms with van der Waals surface area (Å²) in [5, 5.41) is 0. The molecule has 2 aromatic rings. The molecule has 1 aliphatic rings. The molecule has 0 atom stereocenters. The van der Waals surface area contributed by atoms with Gasteiger partial charge in [0.15, 0.2) is 17.4 Å².